The zero-order chi connectivity index (χ0) is 18.4. The molecule has 0 spiro atoms. The molecule has 5 nitrogen and oxygen atoms in total. The maximum atomic E-state index is 12.7. The van der Waals surface area contributed by atoms with Crippen molar-refractivity contribution < 1.29 is 27.2 Å². The molecule has 0 saturated carbocycles. The fraction of sp³-hybridized carbons (Fsp3) is 0.125. The van der Waals surface area contributed by atoms with E-state index in [1.165, 1.54) is 18.2 Å². The van der Waals surface area contributed by atoms with E-state index in [2.05, 4.69) is 16.0 Å². The van der Waals surface area contributed by atoms with Crippen LogP contribution in [-0.4, -0.2) is 18.5 Å². The number of carbonyl (C=O) groups is 2. The molecule has 2 aromatic rings. The summed E-state index contributed by atoms with van der Waals surface area (Å²) in [5.41, 5.74) is -0.628. The molecule has 0 atom stereocenters. The molecule has 3 N–H and O–H groups in total. The van der Waals surface area contributed by atoms with E-state index in [1.54, 1.807) is 0 Å². The zero-order valence-electron chi connectivity index (χ0n) is 12.7. The quantitative estimate of drug-likeness (QED) is 0.734. The van der Waals surface area contributed by atoms with E-state index in [1.807, 2.05) is 0 Å². The number of hydrogen-bond donors (Lipinski definition) is 3. The fourth-order valence-corrected chi connectivity index (χ4v) is 1.85. The van der Waals surface area contributed by atoms with Crippen LogP contribution in [-0.2, 0) is 11.0 Å². The van der Waals surface area contributed by atoms with Crippen LogP contribution in [0.25, 0.3) is 0 Å². The van der Waals surface area contributed by atoms with E-state index in [0.717, 1.165) is 30.3 Å². The van der Waals surface area contributed by atoms with E-state index < -0.39 is 36.0 Å². The summed E-state index contributed by atoms with van der Waals surface area (Å²) in [5.74, 6) is -1.04. The third-order valence-corrected chi connectivity index (χ3v) is 2.99. The average Bonchev–Trinajstić information content (AvgIpc) is 2.55. The highest BCUT2D eigenvalue weighted by atomic mass is 19.4. The SMILES string of the molecule is O=C(CNC(=O)Nc1cccc(C(F)(F)F)c1)Nc1ccc(F)cc1. The number of anilines is 2. The highest BCUT2D eigenvalue weighted by Crippen LogP contribution is 2.30. The van der Waals surface area contributed by atoms with Gasteiger partial charge in [-0.05, 0) is 42.5 Å². The summed E-state index contributed by atoms with van der Waals surface area (Å²) < 4.78 is 50.5. The van der Waals surface area contributed by atoms with E-state index >= 15 is 0 Å². The number of rotatable bonds is 4. The van der Waals surface area contributed by atoms with Crippen molar-refractivity contribution in [2.75, 3.05) is 17.2 Å². The predicted octanol–water partition coefficient (Wildman–Crippen LogP) is 3.60. The van der Waals surface area contributed by atoms with Crippen LogP contribution in [0, 0.1) is 5.82 Å². The maximum absolute atomic E-state index is 12.7. The summed E-state index contributed by atoms with van der Waals surface area (Å²) in [6.07, 6.45) is -4.52. The third kappa shape index (κ3) is 5.79. The van der Waals surface area contributed by atoms with E-state index in [-0.39, 0.29) is 5.69 Å². The van der Waals surface area contributed by atoms with Crippen molar-refractivity contribution in [2.45, 2.75) is 6.18 Å². The summed E-state index contributed by atoms with van der Waals surface area (Å²) in [6, 6.07) is 8.25. The molecule has 0 aliphatic rings. The van der Waals surface area contributed by atoms with Crippen molar-refractivity contribution in [3.63, 3.8) is 0 Å². The van der Waals surface area contributed by atoms with Crippen molar-refractivity contribution in [3.8, 4) is 0 Å². The molecule has 0 aromatic heterocycles. The highest BCUT2D eigenvalue weighted by molar-refractivity contribution is 5.96. The summed E-state index contributed by atoms with van der Waals surface area (Å²) in [4.78, 5) is 23.3. The Labute approximate surface area is 140 Å². The first kappa shape index (κ1) is 18.2. The molecular weight excluding hydrogens is 342 g/mol. The van der Waals surface area contributed by atoms with Crippen molar-refractivity contribution >= 4 is 23.3 Å². The first-order valence-corrected chi connectivity index (χ1v) is 7.01. The number of carbonyl (C=O) groups excluding carboxylic acids is 2. The monoisotopic (exact) mass is 355 g/mol. The Hall–Kier alpha value is -3.10. The Morgan fingerprint density at radius 1 is 0.920 bits per heavy atom. The summed E-state index contributed by atoms with van der Waals surface area (Å²) >= 11 is 0. The highest BCUT2D eigenvalue weighted by Gasteiger charge is 2.30. The smallest absolute Gasteiger partial charge is 0.329 e. The van der Waals surface area contributed by atoms with Crippen LogP contribution in [0.1, 0.15) is 5.56 Å². The second-order valence-corrected chi connectivity index (χ2v) is 4.94. The number of urea groups is 1. The van der Waals surface area contributed by atoms with Crippen LogP contribution in [0.2, 0.25) is 0 Å². The molecule has 0 radical (unpaired) electrons. The van der Waals surface area contributed by atoms with Crippen LogP contribution in [0.3, 0.4) is 0 Å². The van der Waals surface area contributed by atoms with Crippen molar-refractivity contribution in [2.24, 2.45) is 0 Å². The lowest BCUT2D eigenvalue weighted by Gasteiger charge is -2.11. The lowest BCUT2D eigenvalue weighted by atomic mass is 10.2. The summed E-state index contributed by atoms with van der Waals surface area (Å²) in [6.45, 7) is -0.415. The van der Waals surface area contributed by atoms with Crippen molar-refractivity contribution in [1.29, 1.82) is 0 Å². The number of nitrogens with one attached hydrogen (secondary N) is 3. The minimum atomic E-state index is -4.52. The van der Waals surface area contributed by atoms with E-state index in [9.17, 15) is 27.2 Å². The van der Waals surface area contributed by atoms with E-state index in [0.29, 0.717) is 5.69 Å². The number of benzene rings is 2. The number of alkyl halides is 3. The molecule has 3 amide bonds. The molecule has 0 aliphatic carbocycles. The van der Waals surface area contributed by atoms with Gasteiger partial charge in [0.05, 0.1) is 12.1 Å². The molecular formula is C16H13F4N3O2. The van der Waals surface area contributed by atoms with Gasteiger partial charge in [-0.2, -0.15) is 13.2 Å². The van der Waals surface area contributed by atoms with Gasteiger partial charge in [0.1, 0.15) is 5.82 Å². The molecule has 132 valence electrons. The molecule has 0 bridgehead atoms. The van der Waals surface area contributed by atoms with Gasteiger partial charge in [-0.15, -0.1) is 0 Å². The minimum Gasteiger partial charge on any atom is -0.329 e. The Balaban J connectivity index is 1.84. The second-order valence-electron chi connectivity index (χ2n) is 4.94. The lowest BCUT2D eigenvalue weighted by molar-refractivity contribution is -0.137. The Morgan fingerprint density at radius 2 is 1.60 bits per heavy atom. The van der Waals surface area contributed by atoms with Crippen LogP contribution in [0.15, 0.2) is 48.5 Å². The van der Waals surface area contributed by atoms with Crippen molar-refractivity contribution in [3.05, 3.63) is 59.9 Å². The van der Waals surface area contributed by atoms with E-state index in [4.69, 9.17) is 0 Å². The normalized spacial score (nSPS) is 10.9. The zero-order valence-corrected chi connectivity index (χ0v) is 12.7. The van der Waals surface area contributed by atoms with Crippen LogP contribution in [0.4, 0.5) is 33.7 Å². The molecule has 0 fully saturated rings. The maximum Gasteiger partial charge on any atom is 0.416 e. The molecule has 0 aliphatic heterocycles. The molecule has 9 heteroatoms. The van der Waals surface area contributed by atoms with Crippen LogP contribution in [0.5, 0.6) is 0 Å². The van der Waals surface area contributed by atoms with Gasteiger partial charge in [0.2, 0.25) is 5.91 Å². The summed E-state index contributed by atoms with van der Waals surface area (Å²) in [7, 11) is 0. The van der Waals surface area contributed by atoms with Crippen LogP contribution < -0.4 is 16.0 Å². The van der Waals surface area contributed by atoms with Gasteiger partial charge in [-0.3, -0.25) is 4.79 Å². The Kier molecular flexibility index (Phi) is 5.58. The number of hydrogen-bond acceptors (Lipinski definition) is 2. The number of halogens is 4. The lowest BCUT2D eigenvalue weighted by Crippen LogP contribution is -2.35. The predicted molar refractivity (Wildman–Crippen MR) is 83.5 cm³/mol. The molecule has 2 rings (SSSR count). The molecule has 0 heterocycles. The first-order chi connectivity index (χ1) is 11.7. The first-order valence-electron chi connectivity index (χ1n) is 7.01. The van der Waals surface area contributed by atoms with Gasteiger partial charge in [-0.1, -0.05) is 6.07 Å². The van der Waals surface area contributed by atoms with Gasteiger partial charge in [-0.25, -0.2) is 9.18 Å². The number of amides is 3. The second kappa shape index (κ2) is 7.65. The topological polar surface area (TPSA) is 70.2 Å². The molecule has 0 saturated heterocycles. The fourth-order valence-electron chi connectivity index (χ4n) is 1.85. The Morgan fingerprint density at radius 3 is 2.24 bits per heavy atom. The molecule has 25 heavy (non-hydrogen) atoms. The van der Waals surface area contributed by atoms with Gasteiger partial charge < -0.3 is 16.0 Å². The summed E-state index contributed by atoms with van der Waals surface area (Å²) in [5, 5.41) is 6.83. The molecule has 0 unspecified atom stereocenters. The van der Waals surface area contributed by atoms with Gasteiger partial charge in [0.15, 0.2) is 0 Å². The standard InChI is InChI=1S/C16H13F4N3O2/c17-11-4-6-12(7-5-11)22-14(24)9-21-15(25)23-13-3-1-2-10(8-13)16(18,19)20/h1-8H,9H2,(H,22,24)(H2,21,23,25). The van der Waals surface area contributed by atoms with Gasteiger partial charge in [0.25, 0.3) is 0 Å². The van der Waals surface area contributed by atoms with Gasteiger partial charge in [0, 0.05) is 11.4 Å². The third-order valence-electron chi connectivity index (χ3n) is 2.99. The molecule has 2 aromatic carbocycles. The van der Waals surface area contributed by atoms with Crippen molar-refractivity contribution in [1.82, 2.24) is 5.32 Å². The Bertz CT molecular complexity index is 761. The average molecular weight is 355 g/mol. The minimum absolute atomic E-state index is 0.0636. The largest absolute Gasteiger partial charge is 0.416 e. The van der Waals surface area contributed by atoms with Gasteiger partial charge >= 0.3 is 12.2 Å². The van der Waals surface area contributed by atoms with Crippen LogP contribution >= 0.6 is 0 Å².